The highest BCUT2D eigenvalue weighted by Crippen LogP contribution is 2.17. The third-order valence-electron chi connectivity index (χ3n) is 2.33. The molecule has 0 bridgehead atoms. The summed E-state index contributed by atoms with van der Waals surface area (Å²) in [6.07, 6.45) is 1.43. The Labute approximate surface area is 103 Å². The van der Waals surface area contributed by atoms with Crippen molar-refractivity contribution >= 4 is 28.3 Å². The minimum absolute atomic E-state index is 0.209. The molecule has 0 atom stereocenters. The summed E-state index contributed by atoms with van der Waals surface area (Å²) in [5, 5.41) is 4.72. The van der Waals surface area contributed by atoms with E-state index in [1.807, 2.05) is 29.7 Å². The number of fused-ring (bicyclic) bond motifs is 1. The maximum absolute atomic E-state index is 11.2. The number of nitrogens with two attached hydrogens (primary N) is 1. The van der Waals surface area contributed by atoms with Gasteiger partial charge in [0.15, 0.2) is 5.82 Å². The topological polar surface area (TPSA) is 105 Å². The molecule has 0 aliphatic rings. The van der Waals surface area contributed by atoms with Crippen molar-refractivity contribution in [3.8, 4) is 0 Å². The van der Waals surface area contributed by atoms with E-state index in [0.717, 1.165) is 10.9 Å². The van der Waals surface area contributed by atoms with Gasteiger partial charge in [0, 0.05) is 5.39 Å². The monoisotopic (exact) mass is 244 g/mol. The van der Waals surface area contributed by atoms with Crippen LogP contribution in [-0.4, -0.2) is 21.6 Å². The van der Waals surface area contributed by atoms with Gasteiger partial charge in [-0.25, -0.2) is 15.8 Å². The Balaban J connectivity index is 2.30. The van der Waals surface area contributed by atoms with Crippen molar-refractivity contribution in [2.75, 3.05) is 5.43 Å². The SMILES string of the molecule is C/C(=N/Nc1ncnc2ccccc12)C(=O)NN. The Morgan fingerprint density at radius 1 is 1.33 bits per heavy atom. The van der Waals surface area contributed by atoms with E-state index in [1.165, 1.54) is 6.33 Å². The fourth-order valence-corrected chi connectivity index (χ4v) is 1.39. The summed E-state index contributed by atoms with van der Waals surface area (Å²) < 4.78 is 0. The van der Waals surface area contributed by atoms with Crippen LogP contribution >= 0.6 is 0 Å². The number of hydrazone groups is 1. The van der Waals surface area contributed by atoms with Crippen LogP contribution in [0.5, 0.6) is 0 Å². The standard InChI is InChI=1S/C11H12N6O/c1-7(11(18)15-12)16-17-10-8-4-2-3-5-9(8)13-6-14-10/h2-6H,12H2,1H3,(H,15,18)(H,13,14,17)/b16-7-. The van der Waals surface area contributed by atoms with Gasteiger partial charge in [-0.3, -0.25) is 15.6 Å². The lowest BCUT2D eigenvalue weighted by molar-refractivity contribution is -0.114. The number of aromatic nitrogens is 2. The number of amides is 1. The average Bonchev–Trinajstić information content (AvgIpc) is 2.43. The minimum Gasteiger partial charge on any atom is -0.289 e. The second-order valence-corrected chi connectivity index (χ2v) is 3.52. The molecule has 0 fully saturated rings. The highest BCUT2D eigenvalue weighted by Gasteiger charge is 2.04. The fraction of sp³-hybridized carbons (Fsp3) is 0.0909. The summed E-state index contributed by atoms with van der Waals surface area (Å²) >= 11 is 0. The van der Waals surface area contributed by atoms with Gasteiger partial charge in [-0.2, -0.15) is 5.10 Å². The van der Waals surface area contributed by atoms with Crippen LogP contribution in [0.2, 0.25) is 0 Å². The quantitative estimate of drug-likeness (QED) is 0.314. The number of nitrogens with zero attached hydrogens (tertiary/aromatic N) is 3. The van der Waals surface area contributed by atoms with Crippen LogP contribution in [0.25, 0.3) is 10.9 Å². The fourth-order valence-electron chi connectivity index (χ4n) is 1.39. The second kappa shape index (κ2) is 5.19. The second-order valence-electron chi connectivity index (χ2n) is 3.52. The molecule has 1 aromatic heterocycles. The van der Waals surface area contributed by atoms with Crippen LogP contribution in [0.4, 0.5) is 5.82 Å². The number of carbonyl (C=O) groups excluding carboxylic acids is 1. The van der Waals surface area contributed by atoms with Gasteiger partial charge in [-0.1, -0.05) is 12.1 Å². The van der Waals surface area contributed by atoms with Gasteiger partial charge in [0.25, 0.3) is 5.91 Å². The van der Waals surface area contributed by atoms with Crippen molar-refractivity contribution in [2.24, 2.45) is 10.9 Å². The van der Waals surface area contributed by atoms with E-state index in [4.69, 9.17) is 5.84 Å². The summed E-state index contributed by atoms with van der Waals surface area (Å²) in [6, 6.07) is 7.49. The summed E-state index contributed by atoms with van der Waals surface area (Å²) in [5.74, 6) is 5.07. The van der Waals surface area contributed by atoms with E-state index < -0.39 is 5.91 Å². The van der Waals surface area contributed by atoms with Crippen molar-refractivity contribution in [2.45, 2.75) is 6.92 Å². The van der Waals surface area contributed by atoms with Gasteiger partial charge in [0.05, 0.1) is 5.52 Å². The number of hydrogen-bond donors (Lipinski definition) is 3. The van der Waals surface area contributed by atoms with Crippen LogP contribution in [0.1, 0.15) is 6.92 Å². The molecular formula is C11H12N6O. The first kappa shape index (κ1) is 11.9. The van der Waals surface area contributed by atoms with E-state index in [0.29, 0.717) is 5.82 Å². The van der Waals surface area contributed by atoms with E-state index in [-0.39, 0.29) is 5.71 Å². The molecule has 0 spiro atoms. The number of hydrazine groups is 1. The third kappa shape index (κ3) is 2.41. The zero-order chi connectivity index (χ0) is 13.0. The number of rotatable bonds is 3. The zero-order valence-corrected chi connectivity index (χ0v) is 9.71. The zero-order valence-electron chi connectivity index (χ0n) is 9.71. The van der Waals surface area contributed by atoms with Gasteiger partial charge < -0.3 is 0 Å². The molecule has 18 heavy (non-hydrogen) atoms. The molecule has 4 N–H and O–H groups in total. The van der Waals surface area contributed by atoms with Crippen molar-refractivity contribution in [3.63, 3.8) is 0 Å². The van der Waals surface area contributed by atoms with Gasteiger partial charge in [0.1, 0.15) is 12.0 Å². The highest BCUT2D eigenvalue weighted by molar-refractivity contribution is 6.37. The van der Waals surface area contributed by atoms with Gasteiger partial charge in [-0.15, -0.1) is 0 Å². The molecule has 7 nitrogen and oxygen atoms in total. The first-order valence-corrected chi connectivity index (χ1v) is 5.23. The smallest absolute Gasteiger partial charge is 0.281 e. The molecule has 2 rings (SSSR count). The number of hydrogen-bond acceptors (Lipinski definition) is 6. The lowest BCUT2D eigenvalue weighted by Gasteiger charge is -2.04. The number of nitrogens with one attached hydrogen (secondary N) is 2. The van der Waals surface area contributed by atoms with Gasteiger partial charge in [-0.05, 0) is 19.1 Å². The molecule has 92 valence electrons. The van der Waals surface area contributed by atoms with Crippen LogP contribution in [0, 0.1) is 0 Å². The Hall–Kier alpha value is -2.54. The predicted molar refractivity (Wildman–Crippen MR) is 68.6 cm³/mol. The van der Waals surface area contributed by atoms with Crippen molar-refractivity contribution in [3.05, 3.63) is 30.6 Å². The van der Waals surface area contributed by atoms with Crippen LogP contribution in [0.3, 0.4) is 0 Å². The van der Waals surface area contributed by atoms with Crippen LogP contribution in [-0.2, 0) is 4.79 Å². The van der Waals surface area contributed by atoms with Crippen molar-refractivity contribution in [1.82, 2.24) is 15.4 Å². The molecule has 0 aliphatic heterocycles. The van der Waals surface area contributed by atoms with Crippen molar-refractivity contribution in [1.29, 1.82) is 0 Å². The Morgan fingerprint density at radius 2 is 2.11 bits per heavy atom. The molecule has 0 unspecified atom stereocenters. The summed E-state index contributed by atoms with van der Waals surface area (Å²) in [6.45, 7) is 1.54. The summed E-state index contributed by atoms with van der Waals surface area (Å²) in [4.78, 5) is 19.4. The van der Waals surface area contributed by atoms with E-state index in [9.17, 15) is 4.79 Å². The highest BCUT2D eigenvalue weighted by atomic mass is 16.2. The minimum atomic E-state index is -0.458. The maximum Gasteiger partial charge on any atom is 0.281 e. The molecule has 1 amide bonds. The average molecular weight is 244 g/mol. The molecule has 0 aliphatic carbocycles. The number of carbonyl (C=O) groups is 1. The first-order valence-electron chi connectivity index (χ1n) is 5.23. The Kier molecular flexibility index (Phi) is 3.44. The number of para-hydroxylation sites is 1. The lowest BCUT2D eigenvalue weighted by atomic mass is 10.2. The molecule has 2 aromatic rings. The maximum atomic E-state index is 11.2. The Morgan fingerprint density at radius 3 is 2.89 bits per heavy atom. The number of benzene rings is 1. The normalized spacial score (nSPS) is 11.3. The molecule has 0 saturated heterocycles. The third-order valence-corrected chi connectivity index (χ3v) is 2.33. The molecule has 1 heterocycles. The van der Waals surface area contributed by atoms with E-state index in [1.54, 1.807) is 6.92 Å². The molecule has 0 radical (unpaired) electrons. The van der Waals surface area contributed by atoms with Gasteiger partial charge in [0.2, 0.25) is 0 Å². The first-order chi connectivity index (χ1) is 8.72. The molecule has 0 saturated carbocycles. The van der Waals surface area contributed by atoms with Crippen LogP contribution < -0.4 is 16.7 Å². The molecule has 7 heteroatoms. The van der Waals surface area contributed by atoms with Gasteiger partial charge >= 0.3 is 0 Å². The van der Waals surface area contributed by atoms with E-state index in [2.05, 4.69) is 20.5 Å². The largest absolute Gasteiger partial charge is 0.289 e. The van der Waals surface area contributed by atoms with Crippen LogP contribution in [0.15, 0.2) is 35.7 Å². The molecular weight excluding hydrogens is 232 g/mol. The number of anilines is 1. The van der Waals surface area contributed by atoms with E-state index >= 15 is 0 Å². The Bertz CT molecular complexity index is 604. The predicted octanol–water partition coefficient (Wildman–Crippen LogP) is 0.407. The summed E-state index contributed by atoms with van der Waals surface area (Å²) in [7, 11) is 0. The van der Waals surface area contributed by atoms with Crippen molar-refractivity contribution < 1.29 is 4.79 Å². The summed E-state index contributed by atoms with van der Waals surface area (Å²) in [5.41, 5.74) is 5.72. The lowest BCUT2D eigenvalue weighted by Crippen LogP contribution is -2.35. The molecule has 1 aromatic carbocycles.